The van der Waals surface area contributed by atoms with Gasteiger partial charge in [-0.05, 0) is 37.2 Å². The molecule has 2 rings (SSSR count). The summed E-state index contributed by atoms with van der Waals surface area (Å²) in [7, 11) is 1.83. The first-order valence-electron chi connectivity index (χ1n) is 6.79. The van der Waals surface area contributed by atoms with Gasteiger partial charge in [0.2, 0.25) is 5.91 Å². The van der Waals surface area contributed by atoms with Crippen LogP contribution in [-0.2, 0) is 11.2 Å². The molecule has 1 aromatic carbocycles. The summed E-state index contributed by atoms with van der Waals surface area (Å²) in [6.07, 6.45) is 2.59. The van der Waals surface area contributed by atoms with Gasteiger partial charge in [0, 0.05) is 36.1 Å². The molecule has 1 heterocycles. The van der Waals surface area contributed by atoms with Crippen LogP contribution in [0.25, 0.3) is 10.9 Å². The van der Waals surface area contributed by atoms with Gasteiger partial charge in [0.15, 0.2) is 0 Å². The number of nitrogens with one attached hydrogen (secondary N) is 3. The molecule has 0 bridgehead atoms. The molecule has 1 amide bonds. The van der Waals surface area contributed by atoms with E-state index >= 15 is 0 Å². The van der Waals surface area contributed by atoms with Gasteiger partial charge in [-0.25, -0.2) is 4.39 Å². The maximum Gasteiger partial charge on any atom is 0.224 e. The fourth-order valence-corrected chi connectivity index (χ4v) is 2.26. The van der Waals surface area contributed by atoms with Crippen molar-refractivity contribution in [3.8, 4) is 0 Å². The van der Waals surface area contributed by atoms with E-state index in [1.165, 1.54) is 12.1 Å². The summed E-state index contributed by atoms with van der Waals surface area (Å²) >= 11 is 0. The standard InChI is InChI=1S/C15H20FN3O/c1-10(8-17-2)15(20)18-6-5-11-9-19-14-7-12(16)3-4-13(11)14/h3-4,7,9-10,17,19H,5-6,8H2,1-2H3,(H,18,20). The molecular formula is C15H20FN3O. The second kappa shape index (κ2) is 6.52. The molecule has 0 fully saturated rings. The highest BCUT2D eigenvalue weighted by Gasteiger charge is 2.11. The number of fused-ring (bicyclic) bond motifs is 1. The molecule has 108 valence electrons. The van der Waals surface area contributed by atoms with E-state index in [4.69, 9.17) is 0 Å². The minimum Gasteiger partial charge on any atom is -0.361 e. The van der Waals surface area contributed by atoms with E-state index < -0.39 is 0 Å². The number of halogens is 1. The Bertz CT molecular complexity index is 594. The summed E-state index contributed by atoms with van der Waals surface area (Å²) in [6, 6.07) is 4.70. The Morgan fingerprint density at radius 2 is 2.25 bits per heavy atom. The van der Waals surface area contributed by atoms with Gasteiger partial charge < -0.3 is 15.6 Å². The number of H-pyrrole nitrogens is 1. The highest BCUT2D eigenvalue weighted by molar-refractivity contribution is 5.83. The average molecular weight is 277 g/mol. The number of benzene rings is 1. The van der Waals surface area contributed by atoms with Gasteiger partial charge in [-0.2, -0.15) is 0 Å². The van der Waals surface area contributed by atoms with Crippen molar-refractivity contribution in [2.45, 2.75) is 13.3 Å². The number of rotatable bonds is 6. The van der Waals surface area contributed by atoms with Gasteiger partial charge in [-0.1, -0.05) is 6.92 Å². The van der Waals surface area contributed by atoms with Gasteiger partial charge in [0.05, 0.1) is 0 Å². The number of aromatic amines is 1. The number of carbonyl (C=O) groups is 1. The van der Waals surface area contributed by atoms with Crippen molar-refractivity contribution >= 4 is 16.8 Å². The Balaban J connectivity index is 1.92. The molecule has 20 heavy (non-hydrogen) atoms. The lowest BCUT2D eigenvalue weighted by Crippen LogP contribution is -2.35. The third-order valence-corrected chi connectivity index (χ3v) is 3.38. The lowest BCUT2D eigenvalue weighted by Gasteiger charge is -2.11. The molecule has 0 saturated carbocycles. The molecule has 0 radical (unpaired) electrons. The number of carbonyl (C=O) groups excluding carboxylic acids is 1. The normalized spacial score (nSPS) is 12.6. The first-order chi connectivity index (χ1) is 9.61. The first-order valence-corrected chi connectivity index (χ1v) is 6.79. The molecule has 0 spiro atoms. The van der Waals surface area contributed by atoms with Crippen LogP contribution >= 0.6 is 0 Å². The van der Waals surface area contributed by atoms with Crippen LogP contribution in [0.2, 0.25) is 0 Å². The fourth-order valence-electron chi connectivity index (χ4n) is 2.26. The van der Waals surface area contributed by atoms with E-state index in [9.17, 15) is 9.18 Å². The predicted octanol–water partition coefficient (Wildman–Crippen LogP) is 1.82. The smallest absolute Gasteiger partial charge is 0.224 e. The lowest BCUT2D eigenvalue weighted by atomic mass is 10.1. The summed E-state index contributed by atoms with van der Waals surface area (Å²) in [6.45, 7) is 3.13. The van der Waals surface area contributed by atoms with Crippen LogP contribution in [0.15, 0.2) is 24.4 Å². The molecule has 5 heteroatoms. The van der Waals surface area contributed by atoms with Crippen LogP contribution in [0.4, 0.5) is 4.39 Å². The number of hydrogen-bond donors (Lipinski definition) is 3. The van der Waals surface area contributed by atoms with Gasteiger partial charge in [0.25, 0.3) is 0 Å². The van der Waals surface area contributed by atoms with Gasteiger partial charge in [-0.3, -0.25) is 4.79 Å². The third-order valence-electron chi connectivity index (χ3n) is 3.38. The molecule has 0 aliphatic carbocycles. The van der Waals surface area contributed by atoms with E-state index in [-0.39, 0.29) is 17.6 Å². The van der Waals surface area contributed by atoms with Crippen molar-refractivity contribution in [3.05, 3.63) is 35.8 Å². The summed E-state index contributed by atoms with van der Waals surface area (Å²) in [5, 5.41) is 6.90. The van der Waals surface area contributed by atoms with Gasteiger partial charge in [0.1, 0.15) is 5.82 Å². The Labute approximate surface area is 117 Å². The van der Waals surface area contributed by atoms with Crippen molar-refractivity contribution in [1.29, 1.82) is 0 Å². The quantitative estimate of drug-likeness (QED) is 0.754. The highest BCUT2D eigenvalue weighted by Crippen LogP contribution is 2.19. The Morgan fingerprint density at radius 3 is 3.00 bits per heavy atom. The summed E-state index contributed by atoms with van der Waals surface area (Å²) in [4.78, 5) is 14.8. The molecule has 2 aromatic rings. The highest BCUT2D eigenvalue weighted by atomic mass is 19.1. The van der Waals surface area contributed by atoms with Crippen molar-refractivity contribution in [1.82, 2.24) is 15.6 Å². The average Bonchev–Trinajstić information content (AvgIpc) is 2.81. The molecule has 1 atom stereocenters. The van der Waals surface area contributed by atoms with Crippen LogP contribution in [0.5, 0.6) is 0 Å². The lowest BCUT2D eigenvalue weighted by molar-refractivity contribution is -0.124. The van der Waals surface area contributed by atoms with Gasteiger partial charge in [-0.15, -0.1) is 0 Å². The predicted molar refractivity (Wildman–Crippen MR) is 78.1 cm³/mol. The summed E-state index contributed by atoms with van der Waals surface area (Å²) in [5.74, 6) is -0.248. The maximum atomic E-state index is 13.1. The minimum atomic E-state index is -0.250. The van der Waals surface area contributed by atoms with E-state index in [2.05, 4.69) is 15.6 Å². The third kappa shape index (κ3) is 3.36. The van der Waals surface area contributed by atoms with Crippen LogP contribution < -0.4 is 10.6 Å². The molecule has 0 aliphatic rings. The SMILES string of the molecule is CNCC(C)C(=O)NCCc1c[nH]c2cc(F)ccc12. The monoisotopic (exact) mass is 277 g/mol. The van der Waals surface area contributed by atoms with Crippen molar-refractivity contribution in [2.75, 3.05) is 20.1 Å². The van der Waals surface area contributed by atoms with Crippen LogP contribution in [0.1, 0.15) is 12.5 Å². The Hall–Kier alpha value is -1.88. The van der Waals surface area contributed by atoms with E-state index in [1.807, 2.05) is 20.2 Å². The molecule has 4 nitrogen and oxygen atoms in total. The van der Waals surface area contributed by atoms with E-state index in [0.29, 0.717) is 13.1 Å². The molecule has 1 aromatic heterocycles. The van der Waals surface area contributed by atoms with Crippen LogP contribution in [0, 0.1) is 11.7 Å². The molecule has 0 saturated heterocycles. The minimum absolute atomic E-state index is 0.0444. The zero-order valence-electron chi connectivity index (χ0n) is 11.8. The number of hydrogen-bond acceptors (Lipinski definition) is 2. The molecule has 1 unspecified atom stereocenters. The van der Waals surface area contributed by atoms with Crippen molar-refractivity contribution < 1.29 is 9.18 Å². The zero-order valence-corrected chi connectivity index (χ0v) is 11.8. The maximum absolute atomic E-state index is 13.1. The van der Waals surface area contributed by atoms with Crippen molar-refractivity contribution in [3.63, 3.8) is 0 Å². The Kier molecular flexibility index (Phi) is 4.74. The van der Waals surface area contributed by atoms with Gasteiger partial charge >= 0.3 is 0 Å². The number of aromatic nitrogens is 1. The van der Waals surface area contributed by atoms with Crippen LogP contribution in [0.3, 0.4) is 0 Å². The summed E-state index contributed by atoms with van der Waals surface area (Å²) in [5.41, 5.74) is 1.87. The van der Waals surface area contributed by atoms with Crippen LogP contribution in [-0.4, -0.2) is 31.0 Å². The van der Waals surface area contributed by atoms with E-state index in [1.54, 1.807) is 6.07 Å². The zero-order chi connectivity index (χ0) is 14.5. The number of amides is 1. The first kappa shape index (κ1) is 14.5. The fraction of sp³-hybridized carbons (Fsp3) is 0.400. The summed E-state index contributed by atoms with van der Waals surface area (Å²) < 4.78 is 13.1. The second-order valence-electron chi connectivity index (χ2n) is 5.00. The molecule has 3 N–H and O–H groups in total. The Morgan fingerprint density at radius 1 is 1.45 bits per heavy atom. The second-order valence-corrected chi connectivity index (χ2v) is 5.00. The van der Waals surface area contributed by atoms with Crippen molar-refractivity contribution in [2.24, 2.45) is 5.92 Å². The largest absolute Gasteiger partial charge is 0.361 e. The van der Waals surface area contributed by atoms with E-state index in [0.717, 1.165) is 22.9 Å². The topological polar surface area (TPSA) is 56.9 Å². The molecule has 0 aliphatic heterocycles. The molecular weight excluding hydrogens is 257 g/mol.